The Kier molecular flexibility index (Phi) is 7.74. The summed E-state index contributed by atoms with van der Waals surface area (Å²) < 4.78 is 54.6. The quantitative estimate of drug-likeness (QED) is 0.142. The Morgan fingerprint density at radius 1 is 0.778 bits per heavy atom. The summed E-state index contributed by atoms with van der Waals surface area (Å²) in [5, 5.41) is 0. The third kappa shape index (κ3) is 5.60. The maximum Gasteiger partial charge on any atom is 0.343 e. The molecule has 0 atom stereocenters. The number of halogens is 3. The first-order chi connectivity index (χ1) is 17.4. The van der Waals surface area contributed by atoms with Gasteiger partial charge in [-0.1, -0.05) is 67.4 Å². The molecule has 0 aliphatic rings. The second-order valence-corrected chi connectivity index (χ2v) is 8.42. The first-order valence-corrected chi connectivity index (χ1v) is 11.7. The third-order valence-corrected chi connectivity index (χ3v) is 5.75. The molecule has 0 aromatic heterocycles. The van der Waals surface area contributed by atoms with Gasteiger partial charge in [0.2, 0.25) is 0 Å². The van der Waals surface area contributed by atoms with Crippen molar-refractivity contribution in [2.24, 2.45) is 0 Å². The molecule has 3 nitrogen and oxygen atoms in total. The topological polar surface area (TPSA) is 35.5 Å². The molecule has 0 N–H and O–H groups in total. The van der Waals surface area contributed by atoms with Crippen LogP contribution in [0.3, 0.4) is 0 Å². The molecule has 0 fully saturated rings. The highest BCUT2D eigenvalue weighted by Gasteiger charge is 2.17. The van der Waals surface area contributed by atoms with Gasteiger partial charge in [0.05, 0.1) is 12.2 Å². The number of ether oxygens (including phenoxy) is 2. The molecule has 0 heterocycles. The number of benzene rings is 4. The number of esters is 1. The molecule has 0 saturated heterocycles. The van der Waals surface area contributed by atoms with Crippen LogP contribution in [0.4, 0.5) is 13.2 Å². The van der Waals surface area contributed by atoms with Crippen LogP contribution in [0.5, 0.6) is 11.5 Å². The zero-order chi connectivity index (χ0) is 25.7. The number of hydrogen-bond donors (Lipinski definition) is 0. The first-order valence-electron chi connectivity index (χ1n) is 11.7. The minimum absolute atomic E-state index is 0.0317. The molecule has 184 valence electrons. The highest BCUT2D eigenvalue weighted by atomic mass is 19.2. The Morgan fingerprint density at radius 3 is 1.92 bits per heavy atom. The van der Waals surface area contributed by atoms with Gasteiger partial charge in [0.25, 0.3) is 0 Å². The van der Waals surface area contributed by atoms with Gasteiger partial charge in [-0.3, -0.25) is 0 Å². The number of unbranched alkanes of at least 4 members (excludes halogenated alkanes) is 1. The van der Waals surface area contributed by atoms with Crippen LogP contribution < -0.4 is 9.47 Å². The summed E-state index contributed by atoms with van der Waals surface area (Å²) in [5.74, 6) is -3.12. The van der Waals surface area contributed by atoms with Crippen molar-refractivity contribution in [2.75, 3.05) is 6.61 Å². The lowest BCUT2D eigenvalue weighted by atomic mass is 9.98. The molecule has 0 unspecified atom stereocenters. The molecule has 4 aromatic rings. The standard InChI is InChI=1S/C30H25F3O3/c1-3-4-17-35-27-16-13-23(18-26(27)31)36-30(34)22-11-9-21(10-12-22)25-15-14-24(28(32)29(25)33)20-7-5-19(2)6-8-20/h5-16,18H,3-4,17H2,1-2H3. The molecule has 0 spiro atoms. The summed E-state index contributed by atoms with van der Waals surface area (Å²) in [6.45, 7) is 4.33. The van der Waals surface area contributed by atoms with E-state index in [1.165, 1.54) is 48.5 Å². The molecule has 0 aliphatic carbocycles. The van der Waals surface area contributed by atoms with Gasteiger partial charge in [0, 0.05) is 17.2 Å². The smallest absolute Gasteiger partial charge is 0.343 e. The van der Waals surface area contributed by atoms with Crippen molar-refractivity contribution in [1.82, 2.24) is 0 Å². The van der Waals surface area contributed by atoms with E-state index in [4.69, 9.17) is 9.47 Å². The number of carbonyl (C=O) groups excluding carboxylic acids is 1. The van der Waals surface area contributed by atoms with Gasteiger partial charge < -0.3 is 9.47 Å². The Bertz CT molecular complexity index is 1360. The van der Waals surface area contributed by atoms with Gasteiger partial charge in [0.1, 0.15) is 5.75 Å². The SMILES string of the molecule is CCCCOc1ccc(OC(=O)c2ccc(-c3ccc(-c4ccc(C)cc4)c(F)c3F)cc2)cc1F. The fourth-order valence-electron chi connectivity index (χ4n) is 3.67. The van der Waals surface area contributed by atoms with Crippen molar-refractivity contribution in [2.45, 2.75) is 26.7 Å². The first kappa shape index (κ1) is 25.0. The van der Waals surface area contributed by atoms with E-state index in [1.807, 2.05) is 26.0 Å². The number of rotatable bonds is 8. The molecule has 4 aromatic carbocycles. The van der Waals surface area contributed by atoms with Crippen LogP contribution in [0.2, 0.25) is 0 Å². The predicted molar refractivity (Wildman–Crippen MR) is 134 cm³/mol. The molecular weight excluding hydrogens is 465 g/mol. The monoisotopic (exact) mass is 490 g/mol. The van der Waals surface area contributed by atoms with Gasteiger partial charge in [-0.05, 0) is 48.7 Å². The molecule has 36 heavy (non-hydrogen) atoms. The Morgan fingerprint density at radius 2 is 1.36 bits per heavy atom. The van der Waals surface area contributed by atoms with Crippen molar-refractivity contribution < 1.29 is 27.4 Å². The van der Waals surface area contributed by atoms with Crippen molar-refractivity contribution in [3.05, 3.63) is 107 Å². The summed E-state index contributed by atoms with van der Waals surface area (Å²) in [7, 11) is 0. The van der Waals surface area contributed by atoms with Crippen molar-refractivity contribution in [3.63, 3.8) is 0 Å². The molecule has 4 rings (SSSR count). The lowest BCUT2D eigenvalue weighted by Gasteiger charge is -2.11. The molecule has 6 heteroatoms. The average Bonchev–Trinajstić information content (AvgIpc) is 2.88. The maximum absolute atomic E-state index is 14.9. The minimum atomic E-state index is -0.972. The fourth-order valence-corrected chi connectivity index (χ4v) is 3.67. The second-order valence-electron chi connectivity index (χ2n) is 8.42. The fraction of sp³-hybridized carbons (Fsp3) is 0.167. The van der Waals surface area contributed by atoms with E-state index in [-0.39, 0.29) is 28.2 Å². The summed E-state index contributed by atoms with van der Waals surface area (Å²) in [4.78, 5) is 12.5. The van der Waals surface area contributed by atoms with Crippen LogP contribution >= 0.6 is 0 Å². The van der Waals surface area contributed by atoms with E-state index in [9.17, 15) is 18.0 Å². The van der Waals surface area contributed by atoms with Crippen LogP contribution in [0, 0.1) is 24.4 Å². The Balaban J connectivity index is 1.48. The minimum Gasteiger partial charge on any atom is -0.491 e. The normalized spacial score (nSPS) is 10.8. The van der Waals surface area contributed by atoms with Gasteiger partial charge in [-0.2, -0.15) is 0 Å². The molecular formula is C30H25F3O3. The lowest BCUT2D eigenvalue weighted by Crippen LogP contribution is -2.09. The molecule has 0 radical (unpaired) electrons. The Labute approximate surface area is 208 Å². The van der Waals surface area contributed by atoms with Crippen molar-refractivity contribution >= 4 is 5.97 Å². The molecule has 0 aliphatic heterocycles. The molecule has 0 amide bonds. The highest BCUT2D eigenvalue weighted by Crippen LogP contribution is 2.32. The third-order valence-electron chi connectivity index (χ3n) is 5.75. The van der Waals surface area contributed by atoms with Gasteiger partial charge >= 0.3 is 5.97 Å². The van der Waals surface area contributed by atoms with E-state index in [1.54, 1.807) is 12.1 Å². The summed E-state index contributed by atoms with van der Waals surface area (Å²) in [6.07, 6.45) is 1.73. The molecule has 0 saturated carbocycles. The number of hydrogen-bond acceptors (Lipinski definition) is 3. The van der Waals surface area contributed by atoms with E-state index in [2.05, 4.69) is 0 Å². The number of aryl methyl sites for hydroxylation is 1. The van der Waals surface area contributed by atoms with Crippen molar-refractivity contribution in [1.29, 1.82) is 0 Å². The summed E-state index contributed by atoms with van der Waals surface area (Å²) in [5.41, 5.74) is 2.43. The second kappa shape index (κ2) is 11.1. The summed E-state index contributed by atoms with van der Waals surface area (Å²) in [6, 6.07) is 20.0. The highest BCUT2D eigenvalue weighted by molar-refractivity contribution is 5.91. The van der Waals surface area contributed by atoms with E-state index in [0.29, 0.717) is 17.7 Å². The van der Waals surface area contributed by atoms with Gasteiger partial charge in [-0.15, -0.1) is 0 Å². The zero-order valence-electron chi connectivity index (χ0n) is 20.0. The largest absolute Gasteiger partial charge is 0.491 e. The van der Waals surface area contributed by atoms with Crippen LogP contribution in [-0.4, -0.2) is 12.6 Å². The summed E-state index contributed by atoms with van der Waals surface area (Å²) >= 11 is 0. The van der Waals surface area contributed by atoms with Crippen LogP contribution in [0.25, 0.3) is 22.3 Å². The van der Waals surface area contributed by atoms with Crippen molar-refractivity contribution in [3.8, 4) is 33.8 Å². The van der Waals surface area contributed by atoms with Crippen LogP contribution in [0.15, 0.2) is 78.9 Å². The van der Waals surface area contributed by atoms with Gasteiger partial charge in [0.15, 0.2) is 23.2 Å². The van der Waals surface area contributed by atoms with E-state index >= 15 is 0 Å². The Hall–Kier alpha value is -4.06. The maximum atomic E-state index is 14.9. The molecule has 0 bridgehead atoms. The van der Waals surface area contributed by atoms with Crippen LogP contribution in [0.1, 0.15) is 35.7 Å². The van der Waals surface area contributed by atoms with Crippen LogP contribution in [-0.2, 0) is 0 Å². The number of carbonyl (C=O) groups is 1. The van der Waals surface area contributed by atoms with Gasteiger partial charge in [-0.25, -0.2) is 18.0 Å². The lowest BCUT2D eigenvalue weighted by molar-refractivity contribution is 0.0734. The zero-order valence-corrected chi connectivity index (χ0v) is 20.0. The predicted octanol–water partition coefficient (Wildman–Crippen LogP) is 8.14. The van der Waals surface area contributed by atoms with E-state index < -0.39 is 23.4 Å². The van der Waals surface area contributed by atoms with E-state index in [0.717, 1.165) is 24.5 Å². The average molecular weight is 491 g/mol.